The quantitative estimate of drug-likeness (QED) is 0.407. The number of aromatic nitrogens is 4. The number of halogens is 6. The lowest BCUT2D eigenvalue weighted by atomic mass is 10.0. The van der Waals surface area contributed by atoms with Crippen molar-refractivity contribution in [1.82, 2.24) is 25.1 Å². The highest BCUT2D eigenvalue weighted by molar-refractivity contribution is 7.15. The fraction of sp³-hybridized carbons (Fsp3) is 0.316. The minimum atomic E-state index is -5.10. The van der Waals surface area contributed by atoms with E-state index in [9.17, 15) is 35.9 Å². The standard InChI is InChI=1S/C19H15F6N5O3S/c1-8(14-28-9(2)29-30(14)17-26-7-13(34-17)16(32)33-3)27-15(31)10-4-11(18(20,21)22)6-12(5-10)19(23,24)25/h4-8H,1-3H3,(H,27,31)/t8-/m0/s1. The summed E-state index contributed by atoms with van der Waals surface area (Å²) in [6.07, 6.45) is -8.96. The van der Waals surface area contributed by atoms with E-state index < -0.39 is 47.0 Å². The van der Waals surface area contributed by atoms with Gasteiger partial charge < -0.3 is 10.1 Å². The molecule has 1 N–H and O–H groups in total. The topological polar surface area (TPSA) is 99.0 Å². The van der Waals surface area contributed by atoms with E-state index in [1.807, 2.05) is 0 Å². The molecule has 1 atom stereocenters. The summed E-state index contributed by atoms with van der Waals surface area (Å²) in [6, 6.07) is -0.419. The fourth-order valence-electron chi connectivity index (χ4n) is 2.84. The zero-order valence-electron chi connectivity index (χ0n) is 17.6. The number of ether oxygens (including phenoxy) is 1. The van der Waals surface area contributed by atoms with Crippen LogP contribution in [0.4, 0.5) is 26.3 Å². The van der Waals surface area contributed by atoms with Gasteiger partial charge in [0.2, 0.25) is 5.13 Å². The Morgan fingerprint density at radius 2 is 1.68 bits per heavy atom. The third-order valence-electron chi connectivity index (χ3n) is 4.38. The number of nitrogens with zero attached hydrogens (tertiary/aromatic N) is 4. The van der Waals surface area contributed by atoms with Gasteiger partial charge >= 0.3 is 18.3 Å². The van der Waals surface area contributed by atoms with Crippen LogP contribution in [0.2, 0.25) is 0 Å². The summed E-state index contributed by atoms with van der Waals surface area (Å²) in [4.78, 5) is 32.6. The Hall–Kier alpha value is -3.49. The van der Waals surface area contributed by atoms with Gasteiger partial charge in [-0.05, 0) is 32.0 Å². The summed E-state index contributed by atoms with van der Waals surface area (Å²) in [5.74, 6) is -1.51. The molecular formula is C19H15F6N5O3S. The van der Waals surface area contributed by atoms with Crippen LogP contribution in [-0.4, -0.2) is 38.7 Å². The third-order valence-corrected chi connectivity index (χ3v) is 5.34. The van der Waals surface area contributed by atoms with Crippen molar-refractivity contribution in [3.63, 3.8) is 0 Å². The molecule has 15 heteroatoms. The molecule has 34 heavy (non-hydrogen) atoms. The van der Waals surface area contributed by atoms with E-state index in [-0.39, 0.29) is 27.7 Å². The predicted molar refractivity (Wildman–Crippen MR) is 105 cm³/mol. The Balaban J connectivity index is 1.93. The minimum Gasteiger partial charge on any atom is -0.465 e. The first kappa shape index (κ1) is 25.1. The first-order chi connectivity index (χ1) is 15.7. The van der Waals surface area contributed by atoms with Crippen LogP contribution in [0.5, 0.6) is 0 Å². The average Bonchev–Trinajstić information content (AvgIpc) is 3.38. The van der Waals surface area contributed by atoms with Crippen LogP contribution in [0.1, 0.15) is 55.8 Å². The number of rotatable bonds is 5. The number of alkyl halides is 6. The third kappa shape index (κ3) is 5.35. The highest BCUT2D eigenvalue weighted by Crippen LogP contribution is 2.36. The van der Waals surface area contributed by atoms with Gasteiger partial charge in [0.1, 0.15) is 10.7 Å². The van der Waals surface area contributed by atoms with Crippen molar-refractivity contribution in [1.29, 1.82) is 0 Å². The second kappa shape index (κ2) is 9.04. The molecule has 0 radical (unpaired) electrons. The van der Waals surface area contributed by atoms with Crippen LogP contribution in [0.15, 0.2) is 24.4 Å². The van der Waals surface area contributed by atoms with Gasteiger partial charge in [0.15, 0.2) is 5.82 Å². The molecule has 0 unspecified atom stereocenters. The number of hydrogen-bond donors (Lipinski definition) is 1. The van der Waals surface area contributed by atoms with Crippen molar-refractivity contribution in [2.75, 3.05) is 7.11 Å². The molecule has 0 bridgehead atoms. The summed E-state index contributed by atoms with van der Waals surface area (Å²) in [5, 5.41) is 6.62. The lowest BCUT2D eigenvalue weighted by Crippen LogP contribution is -2.29. The Bertz CT molecular complexity index is 1200. The number of thiazole rings is 1. The van der Waals surface area contributed by atoms with Crippen molar-refractivity contribution in [3.8, 4) is 5.13 Å². The fourth-order valence-corrected chi connectivity index (χ4v) is 3.64. The van der Waals surface area contributed by atoms with Crippen molar-refractivity contribution in [2.24, 2.45) is 0 Å². The summed E-state index contributed by atoms with van der Waals surface area (Å²) in [6.45, 7) is 2.93. The van der Waals surface area contributed by atoms with E-state index >= 15 is 0 Å². The molecule has 182 valence electrons. The number of esters is 1. The van der Waals surface area contributed by atoms with Crippen LogP contribution in [0.3, 0.4) is 0 Å². The van der Waals surface area contributed by atoms with Gasteiger partial charge in [0.25, 0.3) is 5.91 Å². The van der Waals surface area contributed by atoms with Gasteiger partial charge in [0.05, 0.1) is 30.5 Å². The van der Waals surface area contributed by atoms with Gasteiger partial charge in [-0.3, -0.25) is 4.79 Å². The molecule has 0 aliphatic carbocycles. The lowest BCUT2D eigenvalue weighted by molar-refractivity contribution is -0.143. The zero-order chi connectivity index (χ0) is 25.4. The van der Waals surface area contributed by atoms with E-state index in [0.29, 0.717) is 12.1 Å². The molecule has 2 aromatic heterocycles. The van der Waals surface area contributed by atoms with Gasteiger partial charge in [-0.15, -0.1) is 5.10 Å². The summed E-state index contributed by atoms with van der Waals surface area (Å²) in [5.41, 5.74) is -4.06. The minimum absolute atomic E-state index is 0.0679. The summed E-state index contributed by atoms with van der Waals surface area (Å²) in [7, 11) is 1.18. The van der Waals surface area contributed by atoms with Crippen LogP contribution >= 0.6 is 11.3 Å². The number of aryl methyl sites for hydroxylation is 1. The molecule has 3 aromatic rings. The van der Waals surface area contributed by atoms with E-state index in [2.05, 4.69) is 25.1 Å². The van der Waals surface area contributed by atoms with E-state index in [1.54, 1.807) is 0 Å². The Kier molecular flexibility index (Phi) is 6.68. The molecule has 0 saturated heterocycles. The Morgan fingerprint density at radius 1 is 1.09 bits per heavy atom. The van der Waals surface area contributed by atoms with E-state index in [1.165, 1.54) is 31.8 Å². The molecule has 2 heterocycles. The first-order valence-corrected chi connectivity index (χ1v) is 10.1. The van der Waals surface area contributed by atoms with Gasteiger partial charge in [-0.2, -0.15) is 31.0 Å². The summed E-state index contributed by atoms with van der Waals surface area (Å²) < 4.78 is 84.4. The molecule has 0 saturated carbocycles. The number of carbonyl (C=O) groups excluding carboxylic acids is 2. The molecule has 8 nitrogen and oxygen atoms in total. The maximum atomic E-state index is 13.1. The van der Waals surface area contributed by atoms with Crippen molar-refractivity contribution >= 4 is 23.2 Å². The highest BCUT2D eigenvalue weighted by atomic mass is 32.1. The second-order valence-electron chi connectivity index (χ2n) is 6.92. The molecular weight excluding hydrogens is 492 g/mol. The number of amides is 1. The number of benzene rings is 1. The van der Waals surface area contributed by atoms with Gasteiger partial charge in [0, 0.05) is 5.56 Å². The number of nitrogens with one attached hydrogen (secondary N) is 1. The molecule has 1 aromatic carbocycles. The number of methoxy groups -OCH3 is 1. The van der Waals surface area contributed by atoms with Crippen LogP contribution in [-0.2, 0) is 17.1 Å². The first-order valence-electron chi connectivity index (χ1n) is 9.29. The highest BCUT2D eigenvalue weighted by Gasteiger charge is 2.37. The van der Waals surface area contributed by atoms with Gasteiger partial charge in [-0.1, -0.05) is 11.3 Å². The van der Waals surface area contributed by atoms with Gasteiger partial charge in [-0.25, -0.2) is 14.8 Å². The molecule has 0 aliphatic rings. The largest absolute Gasteiger partial charge is 0.465 e. The second-order valence-corrected chi connectivity index (χ2v) is 7.93. The molecule has 0 fully saturated rings. The molecule has 0 aliphatic heterocycles. The zero-order valence-corrected chi connectivity index (χ0v) is 18.4. The molecule has 3 rings (SSSR count). The predicted octanol–water partition coefficient (Wildman–Crippen LogP) is 4.35. The van der Waals surface area contributed by atoms with Crippen molar-refractivity contribution < 1.29 is 40.7 Å². The van der Waals surface area contributed by atoms with E-state index in [4.69, 9.17) is 0 Å². The van der Waals surface area contributed by atoms with Crippen LogP contribution < -0.4 is 5.32 Å². The normalized spacial score (nSPS) is 13.0. The SMILES string of the molecule is COC(=O)c1cnc(-n2nc(C)nc2[C@H](C)NC(=O)c2cc(C(F)(F)F)cc(C(F)(F)F)c2)s1. The molecule has 0 spiro atoms. The smallest absolute Gasteiger partial charge is 0.416 e. The summed E-state index contributed by atoms with van der Waals surface area (Å²) >= 11 is 0.900. The maximum absolute atomic E-state index is 13.1. The number of carbonyl (C=O) groups is 2. The van der Waals surface area contributed by atoms with Crippen LogP contribution in [0.25, 0.3) is 5.13 Å². The monoisotopic (exact) mass is 507 g/mol. The van der Waals surface area contributed by atoms with E-state index in [0.717, 1.165) is 11.3 Å². The lowest BCUT2D eigenvalue weighted by Gasteiger charge is -2.16. The maximum Gasteiger partial charge on any atom is 0.416 e. The molecule has 1 amide bonds. The Morgan fingerprint density at radius 3 is 2.21 bits per heavy atom. The Labute approximate surface area is 191 Å². The van der Waals surface area contributed by atoms with Crippen molar-refractivity contribution in [2.45, 2.75) is 32.2 Å². The van der Waals surface area contributed by atoms with Crippen LogP contribution in [0, 0.1) is 6.92 Å². The van der Waals surface area contributed by atoms with Crippen molar-refractivity contribution in [3.05, 3.63) is 57.6 Å². The average molecular weight is 507 g/mol. The number of hydrogen-bond acceptors (Lipinski definition) is 7.